The molecule has 10 heteroatoms. The van der Waals surface area contributed by atoms with E-state index in [0.717, 1.165) is 6.42 Å². The molecule has 0 fully saturated rings. The molecule has 160 valence electrons. The highest BCUT2D eigenvalue weighted by molar-refractivity contribution is 9.09. The van der Waals surface area contributed by atoms with E-state index in [1.54, 1.807) is 16.9 Å². The fraction of sp³-hybridized carbons (Fsp3) is 0.333. The van der Waals surface area contributed by atoms with E-state index in [2.05, 4.69) is 31.1 Å². The minimum Gasteiger partial charge on any atom is -0.419 e. The molecule has 1 aliphatic heterocycles. The Balaban J connectivity index is 1.78. The molecule has 0 bridgehead atoms. The maximum atomic E-state index is 13.7. The first-order chi connectivity index (χ1) is 14.8. The topological polar surface area (TPSA) is 80.0 Å². The third-order valence-corrected chi connectivity index (χ3v) is 5.51. The van der Waals surface area contributed by atoms with Gasteiger partial charge < -0.3 is 8.98 Å². The third-order valence-electron chi connectivity index (χ3n) is 4.96. The molecule has 1 unspecified atom stereocenters. The van der Waals surface area contributed by atoms with Crippen molar-refractivity contribution in [1.29, 1.82) is 5.26 Å². The lowest BCUT2D eigenvalue weighted by molar-refractivity contribution is -0.136. The van der Waals surface area contributed by atoms with E-state index in [-0.39, 0.29) is 22.6 Å². The molecule has 0 N–H and O–H groups in total. The second-order valence-corrected chi connectivity index (χ2v) is 8.31. The van der Waals surface area contributed by atoms with Gasteiger partial charge in [-0.05, 0) is 24.6 Å². The van der Waals surface area contributed by atoms with Gasteiger partial charge in [-0.15, -0.1) is 10.2 Å². The summed E-state index contributed by atoms with van der Waals surface area (Å²) in [5, 5.41) is 17.3. The van der Waals surface area contributed by atoms with Gasteiger partial charge in [-0.3, -0.25) is 4.99 Å². The Kier molecular flexibility index (Phi) is 5.71. The molecule has 0 saturated heterocycles. The van der Waals surface area contributed by atoms with Gasteiger partial charge in [-0.2, -0.15) is 18.4 Å². The van der Waals surface area contributed by atoms with E-state index in [0.29, 0.717) is 35.6 Å². The van der Waals surface area contributed by atoms with Gasteiger partial charge in [0.15, 0.2) is 0 Å². The average Bonchev–Trinajstić information content (AvgIpc) is 3.32. The fourth-order valence-corrected chi connectivity index (χ4v) is 4.13. The summed E-state index contributed by atoms with van der Waals surface area (Å²) in [5.41, 5.74) is 0.455. The number of alkyl halides is 4. The number of rotatable bonds is 5. The largest absolute Gasteiger partial charge is 0.419 e. The van der Waals surface area contributed by atoms with E-state index >= 15 is 0 Å². The van der Waals surface area contributed by atoms with Crippen LogP contribution in [0.5, 0.6) is 0 Å². The summed E-state index contributed by atoms with van der Waals surface area (Å²) in [6.07, 6.45) is 0.237. The first kappa shape index (κ1) is 21.3. The Morgan fingerprint density at radius 1 is 1.32 bits per heavy atom. The number of hydrogen-bond acceptors (Lipinski definition) is 5. The number of nitriles is 1. The van der Waals surface area contributed by atoms with Gasteiger partial charge in [0.1, 0.15) is 6.54 Å². The van der Waals surface area contributed by atoms with Crippen molar-refractivity contribution in [1.82, 2.24) is 14.8 Å². The molecule has 0 saturated carbocycles. The van der Waals surface area contributed by atoms with E-state index in [1.807, 2.05) is 13.0 Å². The molecule has 2 aromatic heterocycles. The Hall–Kier alpha value is -2.93. The molecular formula is C21H17BrF3N5O. The number of benzene rings is 1. The zero-order valence-corrected chi connectivity index (χ0v) is 18.0. The molecule has 0 aliphatic carbocycles. The maximum Gasteiger partial charge on any atom is 0.418 e. The molecule has 0 spiro atoms. The van der Waals surface area contributed by atoms with Gasteiger partial charge >= 0.3 is 6.18 Å². The number of halogens is 4. The molecular weight excluding hydrogens is 475 g/mol. The molecule has 3 heterocycles. The molecule has 1 aliphatic rings. The number of fused-ring (bicyclic) bond motifs is 1. The Labute approximate surface area is 184 Å². The Morgan fingerprint density at radius 2 is 2.13 bits per heavy atom. The van der Waals surface area contributed by atoms with E-state index in [9.17, 15) is 18.4 Å². The zero-order valence-electron chi connectivity index (χ0n) is 16.4. The van der Waals surface area contributed by atoms with Gasteiger partial charge in [0.25, 0.3) is 0 Å². The molecule has 6 nitrogen and oxygen atoms in total. The average molecular weight is 492 g/mol. The second-order valence-electron chi connectivity index (χ2n) is 7.14. The predicted molar refractivity (Wildman–Crippen MR) is 113 cm³/mol. The SMILES string of the molecule is CCCc1cc2c(C(F)(F)F)c(C#N)ccc2n1Cc1nnc(C2=CC(Br)CN=C2)o1. The Bertz CT molecular complexity index is 1230. The van der Waals surface area contributed by atoms with Gasteiger partial charge in [-0.25, -0.2) is 0 Å². The minimum atomic E-state index is -4.64. The number of dihydropyridines is 1. The van der Waals surface area contributed by atoms with Crippen LogP contribution in [-0.4, -0.2) is 32.4 Å². The first-order valence-electron chi connectivity index (χ1n) is 9.62. The fourth-order valence-electron chi connectivity index (χ4n) is 3.68. The summed E-state index contributed by atoms with van der Waals surface area (Å²) in [6, 6.07) is 5.90. The van der Waals surface area contributed by atoms with Crippen molar-refractivity contribution < 1.29 is 17.6 Å². The highest BCUT2D eigenvalue weighted by Crippen LogP contribution is 2.39. The number of hydrogen-bond donors (Lipinski definition) is 0. The van der Waals surface area contributed by atoms with Crippen LogP contribution in [0.2, 0.25) is 0 Å². The first-order valence-corrected chi connectivity index (χ1v) is 10.5. The summed E-state index contributed by atoms with van der Waals surface area (Å²) in [4.78, 5) is 4.30. The number of allylic oxidation sites excluding steroid dienone is 1. The smallest absolute Gasteiger partial charge is 0.418 e. The summed E-state index contributed by atoms with van der Waals surface area (Å²) >= 11 is 3.47. The molecule has 1 aromatic carbocycles. The van der Waals surface area contributed by atoms with Crippen molar-refractivity contribution in [3.05, 3.63) is 52.9 Å². The van der Waals surface area contributed by atoms with Crippen LogP contribution < -0.4 is 0 Å². The van der Waals surface area contributed by atoms with Crippen LogP contribution in [-0.2, 0) is 19.1 Å². The quantitative estimate of drug-likeness (QED) is 0.462. The van der Waals surface area contributed by atoms with E-state index < -0.39 is 17.3 Å². The molecule has 0 amide bonds. The minimum absolute atomic E-state index is 0.000934. The summed E-state index contributed by atoms with van der Waals surface area (Å²) < 4.78 is 48.7. The van der Waals surface area contributed by atoms with Crippen LogP contribution in [0.3, 0.4) is 0 Å². The van der Waals surface area contributed by atoms with Gasteiger partial charge in [0.2, 0.25) is 11.8 Å². The van der Waals surface area contributed by atoms with Crippen molar-refractivity contribution in [3.63, 3.8) is 0 Å². The number of aromatic nitrogens is 3. The summed E-state index contributed by atoms with van der Waals surface area (Å²) in [5.74, 6) is 0.577. The van der Waals surface area contributed by atoms with Crippen molar-refractivity contribution in [2.45, 2.75) is 37.3 Å². The van der Waals surface area contributed by atoms with E-state index in [1.165, 1.54) is 18.2 Å². The summed E-state index contributed by atoms with van der Waals surface area (Å²) in [6.45, 7) is 2.69. The zero-order chi connectivity index (χ0) is 22.2. The number of aliphatic imine (C=N–C) groups is 1. The van der Waals surface area contributed by atoms with Gasteiger partial charge in [-0.1, -0.05) is 35.4 Å². The van der Waals surface area contributed by atoms with E-state index in [4.69, 9.17) is 4.42 Å². The van der Waals surface area contributed by atoms with Crippen LogP contribution in [0.4, 0.5) is 13.2 Å². The molecule has 1 atom stereocenters. The number of aryl methyl sites for hydroxylation is 1. The van der Waals surface area contributed by atoms with Crippen molar-refractivity contribution in [3.8, 4) is 6.07 Å². The lowest BCUT2D eigenvalue weighted by Gasteiger charge is -2.11. The van der Waals surface area contributed by atoms with Crippen LogP contribution >= 0.6 is 15.9 Å². The van der Waals surface area contributed by atoms with Crippen LogP contribution in [0.15, 0.2) is 33.7 Å². The molecule has 0 radical (unpaired) electrons. The van der Waals surface area contributed by atoms with Crippen molar-refractivity contribution >= 4 is 38.6 Å². The monoisotopic (exact) mass is 491 g/mol. The van der Waals surface area contributed by atoms with Crippen molar-refractivity contribution in [2.75, 3.05) is 6.54 Å². The lowest BCUT2D eigenvalue weighted by atomic mass is 10.0. The maximum absolute atomic E-state index is 13.7. The van der Waals surface area contributed by atoms with Gasteiger partial charge in [0, 0.05) is 22.8 Å². The molecule has 4 rings (SSSR count). The molecule has 31 heavy (non-hydrogen) atoms. The van der Waals surface area contributed by atoms with Crippen molar-refractivity contribution in [2.24, 2.45) is 4.99 Å². The highest BCUT2D eigenvalue weighted by Gasteiger charge is 2.36. The van der Waals surface area contributed by atoms with Crippen LogP contribution in [0.25, 0.3) is 16.5 Å². The number of nitrogens with zero attached hydrogens (tertiary/aromatic N) is 5. The normalized spacial score (nSPS) is 16.5. The van der Waals surface area contributed by atoms with Crippen LogP contribution in [0, 0.1) is 11.3 Å². The highest BCUT2D eigenvalue weighted by atomic mass is 79.9. The summed E-state index contributed by atoms with van der Waals surface area (Å²) in [7, 11) is 0. The standard InChI is InChI=1S/C21H17BrF3N5O/c1-2-3-15-7-16-17(5-4-12(8-26)19(16)21(23,24)25)30(15)11-18-28-29-20(31-18)13-6-14(22)10-27-9-13/h4-7,9,14H,2-3,10-11H2,1H3. The molecule has 3 aromatic rings. The second kappa shape index (κ2) is 8.30. The predicted octanol–water partition coefficient (Wildman–Crippen LogP) is 5.15. The Morgan fingerprint density at radius 3 is 2.81 bits per heavy atom. The van der Waals surface area contributed by atoms with Gasteiger partial charge in [0.05, 0.1) is 34.1 Å². The lowest BCUT2D eigenvalue weighted by Crippen LogP contribution is -2.09. The third kappa shape index (κ3) is 4.14. The van der Waals surface area contributed by atoms with Crippen LogP contribution in [0.1, 0.15) is 41.9 Å².